The Kier molecular flexibility index (Phi) is 3.55. The van der Waals surface area contributed by atoms with Crippen LogP contribution in [0.2, 0.25) is 0 Å². The fourth-order valence-corrected chi connectivity index (χ4v) is 1.62. The second-order valence-electron chi connectivity index (χ2n) is 3.53. The van der Waals surface area contributed by atoms with Gasteiger partial charge in [0.15, 0.2) is 5.78 Å². The first kappa shape index (κ1) is 11.4. The molecule has 0 spiro atoms. The summed E-state index contributed by atoms with van der Waals surface area (Å²) in [6.45, 7) is 2.44. The van der Waals surface area contributed by atoms with Crippen LogP contribution in [0.1, 0.15) is 22.8 Å². The number of para-hydroxylation sites is 1. The molecule has 0 heterocycles. The fourth-order valence-electron chi connectivity index (χ4n) is 1.62. The molecule has 0 saturated carbocycles. The van der Waals surface area contributed by atoms with Crippen molar-refractivity contribution >= 4 is 5.78 Å². The monoisotopic (exact) mass is 225 g/mol. The number of hydrogen-bond acceptors (Lipinski definition) is 2. The molecule has 0 aromatic heterocycles. The maximum absolute atomic E-state index is 12.2. The minimum atomic E-state index is -0.0605. The smallest absolute Gasteiger partial charge is 0.197 e. The molecule has 0 unspecified atom stereocenters. The van der Waals surface area contributed by atoms with E-state index in [4.69, 9.17) is 4.74 Å². The number of carbonyl (C=O) groups excluding carboxylic acids is 1. The third-order valence-electron chi connectivity index (χ3n) is 2.39. The highest BCUT2D eigenvalue weighted by Gasteiger charge is 2.13. The molecule has 2 aromatic carbocycles. The van der Waals surface area contributed by atoms with Gasteiger partial charge < -0.3 is 4.74 Å². The van der Waals surface area contributed by atoms with Crippen molar-refractivity contribution in [2.24, 2.45) is 0 Å². The van der Waals surface area contributed by atoms with Crippen LogP contribution in [-0.4, -0.2) is 12.4 Å². The van der Waals surface area contributed by atoms with Crippen LogP contribution >= 0.6 is 0 Å². The third-order valence-corrected chi connectivity index (χ3v) is 2.39. The van der Waals surface area contributed by atoms with Crippen LogP contribution in [-0.2, 0) is 0 Å². The molecule has 0 saturated heterocycles. The summed E-state index contributed by atoms with van der Waals surface area (Å²) in [6, 6.07) is 17.4. The summed E-state index contributed by atoms with van der Waals surface area (Å²) < 4.78 is 5.44. The standard InChI is InChI=1S/C15H13O2/c1-2-17-14-11-7-6-10-13(14)15(16)12-8-4-3-5-9-12/h3-8,10-11H,2H2,1H3. The zero-order valence-electron chi connectivity index (χ0n) is 9.64. The number of carbonyl (C=O) groups is 1. The largest absolute Gasteiger partial charge is 0.493 e. The first-order valence-corrected chi connectivity index (χ1v) is 5.56. The molecule has 2 aromatic rings. The number of benzene rings is 2. The molecule has 0 amide bonds. The van der Waals surface area contributed by atoms with Gasteiger partial charge in [0.2, 0.25) is 0 Å². The zero-order chi connectivity index (χ0) is 12.1. The molecule has 0 aliphatic heterocycles. The van der Waals surface area contributed by atoms with Crippen LogP contribution < -0.4 is 4.74 Å². The number of hydrogen-bond donors (Lipinski definition) is 0. The number of ether oxygens (including phenoxy) is 1. The summed E-state index contributed by atoms with van der Waals surface area (Å²) in [6.07, 6.45) is 0. The molecule has 0 aliphatic carbocycles. The van der Waals surface area contributed by atoms with Crippen LogP contribution in [0.25, 0.3) is 0 Å². The van der Waals surface area contributed by atoms with E-state index in [0.717, 1.165) is 0 Å². The normalized spacial score (nSPS) is 9.94. The quantitative estimate of drug-likeness (QED) is 0.747. The van der Waals surface area contributed by atoms with Crippen molar-refractivity contribution < 1.29 is 9.53 Å². The molecule has 0 fully saturated rings. The predicted molar refractivity (Wildman–Crippen MR) is 66.3 cm³/mol. The topological polar surface area (TPSA) is 26.3 Å². The van der Waals surface area contributed by atoms with Gasteiger partial charge in [-0.25, -0.2) is 0 Å². The Morgan fingerprint density at radius 1 is 1.18 bits per heavy atom. The van der Waals surface area contributed by atoms with Crippen LogP contribution in [0.4, 0.5) is 0 Å². The van der Waals surface area contributed by atoms with E-state index < -0.39 is 0 Å². The van der Waals surface area contributed by atoms with Gasteiger partial charge in [-0.05, 0) is 25.1 Å². The van der Waals surface area contributed by atoms with Gasteiger partial charge in [-0.2, -0.15) is 0 Å². The van der Waals surface area contributed by atoms with E-state index in [1.54, 1.807) is 24.3 Å². The first-order chi connectivity index (χ1) is 8.33. The Morgan fingerprint density at radius 2 is 1.94 bits per heavy atom. The Morgan fingerprint density at radius 3 is 2.65 bits per heavy atom. The van der Waals surface area contributed by atoms with Gasteiger partial charge in [-0.3, -0.25) is 4.79 Å². The first-order valence-electron chi connectivity index (χ1n) is 5.56. The highest BCUT2D eigenvalue weighted by Crippen LogP contribution is 2.21. The lowest BCUT2D eigenvalue weighted by atomic mass is 10.0. The van der Waals surface area contributed by atoms with E-state index in [1.807, 2.05) is 31.2 Å². The second-order valence-corrected chi connectivity index (χ2v) is 3.53. The van der Waals surface area contributed by atoms with Crippen molar-refractivity contribution in [2.75, 3.05) is 6.61 Å². The Balaban J connectivity index is 2.37. The minimum absolute atomic E-state index is 0.0605. The SMILES string of the molecule is CCOc1ccccc1C(=O)c1[c]cccc1. The van der Waals surface area contributed by atoms with E-state index in [-0.39, 0.29) is 5.78 Å². The molecule has 0 aliphatic rings. The van der Waals surface area contributed by atoms with Crippen molar-refractivity contribution in [2.45, 2.75) is 6.92 Å². The average molecular weight is 225 g/mol. The van der Waals surface area contributed by atoms with Crippen molar-refractivity contribution in [3.05, 3.63) is 65.7 Å². The predicted octanol–water partition coefficient (Wildman–Crippen LogP) is 3.12. The maximum Gasteiger partial charge on any atom is 0.197 e. The highest BCUT2D eigenvalue weighted by atomic mass is 16.5. The highest BCUT2D eigenvalue weighted by molar-refractivity contribution is 6.10. The summed E-state index contributed by atoms with van der Waals surface area (Å²) in [7, 11) is 0. The van der Waals surface area contributed by atoms with Gasteiger partial charge in [0.1, 0.15) is 5.75 Å². The van der Waals surface area contributed by atoms with Crippen molar-refractivity contribution in [1.29, 1.82) is 0 Å². The van der Waals surface area contributed by atoms with Gasteiger partial charge in [-0.15, -0.1) is 0 Å². The molecule has 2 nitrogen and oxygen atoms in total. The number of rotatable bonds is 4. The van der Waals surface area contributed by atoms with Crippen LogP contribution in [0.5, 0.6) is 5.75 Å². The summed E-state index contributed by atoms with van der Waals surface area (Å²) in [5, 5.41) is 0. The Bertz CT molecular complexity index is 503. The molecule has 17 heavy (non-hydrogen) atoms. The van der Waals surface area contributed by atoms with Crippen LogP contribution in [0.3, 0.4) is 0 Å². The fraction of sp³-hybridized carbons (Fsp3) is 0.133. The van der Waals surface area contributed by atoms with Gasteiger partial charge in [0, 0.05) is 5.56 Å². The lowest BCUT2D eigenvalue weighted by molar-refractivity contribution is 0.103. The Hall–Kier alpha value is -2.09. The molecule has 2 rings (SSSR count). The molecular weight excluding hydrogens is 212 g/mol. The average Bonchev–Trinajstić information content (AvgIpc) is 2.40. The van der Waals surface area contributed by atoms with Crippen molar-refractivity contribution in [1.82, 2.24) is 0 Å². The van der Waals surface area contributed by atoms with Gasteiger partial charge in [0.25, 0.3) is 0 Å². The molecule has 0 atom stereocenters. The summed E-state index contributed by atoms with van der Waals surface area (Å²) >= 11 is 0. The second kappa shape index (κ2) is 5.30. The van der Waals surface area contributed by atoms with Crippen LogP contribution in [0, 0.1) is 6.07 Å². The molecule has 2 heteroatoms. The minimum Gasteiger partial charge on any atom is -0.493 e. The molecule has 0 N–H and O–H groups in total. The summed E-state index contributed by atoms with van der Waals surface area (Å²) in [5.74, 6) is 0.562. The lowest BCUT2D eigenvalue weighted by Crippen LogP contribution is -2.05. The van der Waals surface area contributed by atoms with Crippen LogP contribution in [0.15, 0.2) is 48.5 Å². The maximum atomic E-state index is 12.2. The van der Waals surface area contributed by atoms with Crippen molar-refractivity contribution in [3.63, 3.8) is 0 Å². The van der Waals surface area contributed by atoms with E-state index in [1.165, 1.54) is 0 Å². The Labute approximate surface area is 101 Å². The van der Waals surface area contributed by atoms with Gasteiger partial charge in [0.05, 0.1) is 12.2 Å². The zero-order valence-corrected chi connectivity index (χ0v) is 9.64. The van der Waals surface area contributed by atoms with Gasteiger partial charge in [-0.1, -0.05) is 36.4 Å². The van der Waals surface area contributed by atoms with E-state index in [0.29, 0.717) is 23.5 Å². The third kappa shape index (κ3) is 2.53. The van der Waals surface area contributed by atoms with E-state index >= 15 is 0 Å². The molecule has 85 valence electrons. The number of ketones is 1. The van der Waals surface area contributed by atoms with Gasteiger partial charge >= 0.3 is 0 Å². The summed E-state index contributed by atoms with van der Waals surface area (Å²) in [4.78, 5) is 12.2. The molecule has 1 radical (unpaired) electrons. The lowest BCUT2D eigenvalue weighted by Gasteiger charge is -2.08. The molecule has 0 bridgehead atoms. The van der Waals surface area contributed by atoms with Crippen molar-refractivity contribution in [3.8, 4) is 5.75 Å². The van der Waals surface area contributed by atoms with E-state index in [2.05, 4.69) is 6.07 Å². The summed E-state index contributed by atoms with van der Waals surface area (Å²) in [5.41, 5.74) is 1.14. The van der Waals surface area contributed by atoms with E-state index in [9.17, 15) is 4.79 Å². The molecular formula is C15H13O2.